The zero-order valence-electron chi connectivity index (χ0n) is 12.9. The van der Waals surface area contributed by atoms with E-state index in [1.807, 2.05) is 11.6 Å². The molecule has 1 fully saturated rings. The Morgan fingerprint density at radius 1 is 1.30 bits per heavy atom. The molecule has 4 nitrogen and oxygen atoms in total. The lowest BCUT2D eigenvalue weighted by atomic mass is 9.98. The number of nitrogens with one attached hydrogen (secondary N) is 1. The summed E-state index contributed by atoms with van der Waals surface area (Å²) in [4.78, 5) is 4.46. The standard InChI is InChI=1S/C17H21FN2O2S/c18-13-3-5-15(6-4-13)22-12-14(21)11-20-17(7-1-2-8-17)16-19-9-10-23-16/h3-6,9-10,14,20-21H,1-2,7-8,11-12H2. The van der Waals surface area contributed by atoms with Gasteiger partial charge in [-0.25, -0.2) is 9.37 Å². The Hall–Kier alpha value is -1.50. The predicted molar refractivity (Wildman–Crippen MR) is 88.2 cm³/mol. The number of hydrogen-bond donors (Lipinski definition) is 2. The van der Waals surface area contributed by atoms with Gasteiger partial charge in [-0.3, -0.25) is 0 Å². The van der Waals surface area contributed by atoms with Crippen LogP contribution >= 0.6 is 11.3 Å². The van der Waals surface area contributed by atoms with Gasteiger partial charge >= 0.3 is 0 Å². The monoisotopic (exact) mass is 336 g/mol. The average Bonchev–Trinajstić information content (AvgIpc) is 3.24. The maximum Gasteiger partial charge on any atom is 0.123 e. The molecule has 2 N–H and O–H groups in total. The van der Waals surface area contributed by atoms with Crippen molar-refractivity contribution in [2.75, 3.05) is 13.2 Å². The smallest absolute Gasteiger partial charge is 0.123 e. The zero-order chi connectivity index (χ0) is 16.1. The molecular weight excluding hydrogens is 315 g/mol. The van der Waals surface area contributed by atoms with Gasteiger partial charge in [0.15, 0.2) is 0 Å². The van der Waals surface area contributed by atoms with E-state index in [1.165, 1.54) is 25.0 Å². The van der Waals surface area contributed by atoms with E-state index in [4.69, 9.17) is 4.74 Å². The van der Waals surface area contributed by atoms with E-state index >= 15 is 0 Å². The Labute approximate surface area is 139 Å². The summed E-state index contributed by atoms with van der Waals surface area (Å²) in [7, 11) is 0. The summed E-state index contributed by atoms with van der Waals surface area (Å²) in [5.74, 6) is 0.257. The molecule has 2 aromatic rings. The summed E-state index contributed by atoms with van der Waals surface area (Å²) in [6, 6.07) is 5.80. The molecule has 23 heavy (non-hydrogen) atoms. The van der Waals surface area contributed by atoms with Crippen LogP contribution in [0.5, 0.6) is 5.75 Å². The van der Waals surface area contributed by atoms with Crippen LogP contribution < -0.4 is 10.1 Å². The molecule has 1 aromatic heterocycles. The van der Waals surface area contributed by atoms with Crippen molar-refractivity contribution in [1.29, 1.82) is 0 Å². The second-order valence-corrected chi connectivity index (χ2v) is 6.82. The van der Waals surface area contributed by atoms with E-state index in [2.05, 4.69) is 10.3 Å². The molecule has 1 aromatic carbocycles. The van der Waals surface area contributed by atoms with Gasteiger partial charge < -0.3 is 15.2 Å². The maximum absolute atomic E-state index is 12.8. The van der Waals surface area contributed by atoms with Crippen LogP contribution in [-0.2, 0) is 5.54 Å². The molecule has 6 heteroatoms. The summed E-state index contributed by atoms with van der Waals surface area (Å²) in [5.41, 5.74) is -0.106. The third kappa shape index (κ3) is 4.07. The second-order valence-electron chi connectivity index (χ2n) is 5.93. The van der Waals surface area contributed by atoms with Gasteiger partial charge in [0.05, 0.1) is 5.54 Å². The van der Waals surface area contributed by atoms with Gasteiger partial charge in [-0.2, -0.15) is 0 Å². The zero-order valence-corrected chi connectivity index (χ0v) is 13.7. The molecular formula is C17H21FN2O2S. The predicted octanol–water partition coefficient (Wildman–Crippen LogP) is 3.08. The van der Waals surface area contributed by atoms with Gasteiger partial charge in [0.1, 0.15) is 29.3 Å². The number of aliphatic hydroxyl groups is 1. The second kappa shape index (κ2) is 7.38. The van der Waals surface area contributed by atoms with E-state index < -0.39 is 6.10 Å². The highest BCUT2D eigenvalue weighted by Gasteiger charge is 2.37. The summed E-state index contributed by atoms with van der Waals surface area (Å²) in [5, 5.41) is 16.7. The minimum absolute atomic E-state index is 0.106. The molecule has 1 unspecified atom stereocenters. The van der Waals surface area contributed by atoms with Crippen molar-refractivity contribution in [3.63, 3.8) is 0 Å². The quantitative estimate of drug-likeness (QED) is 0.816. The van der Waals surface area contributed by atoms with Crippen LogP contribution in [0.1, 0.15) is 30.7 Å². The van der Waals surface area contributed by atoms with E-state index in [9.17, 15) is 9.50 Å². The molecule has 1 aliphatic carbocycles. The lowest BCUT2D eigenvalue weighted by Crippen LogP contribution is -2.45. The molecule has 1 atom stereocenters. The molecule has 0 saturated heterocycles. The highest BCUT2D eigenvalue weighted by Crippen LogP contribution is 2.39. The lowest BCUT2D eigenvalue weighted by Gasteiger charge is -2.29. The molecule has 3 rings (SSSR count). The van der Waals surface area contributed by atoms with Crippen LogP contribution in [0, 0.1) is 5.82 Å². The normalized spacial score (nSPS) is 18.0. The van der Waals surface area contributed by atoms with Crippen molar-refractivity contribution < 1.29 is 14.2 Å². The fraction of sp³-hybridized carbons (Fsp3) is 0.471. The molecule has 1 aliphatic rings. The number of benzene rings is 1. The minimum atomic E-state index is -0.627. The molecule has 0 aliphatic heterocycles. The Morgan fingerprint density at radius 3 is 2.70 bits per heavy atom. The number of ether oxygens (including phenoxy) is 1. The van der Waals surface area contributed by atoms with Crippen LogP contribution in [0.2, 0.25) is 0 Å². The molecule has 1 saturated carbocycles. The van der Waals surface area contributed by atoms with Crippen LogP contribution in [0.3, 0.4) is 0 Å². The first-order valence-corrected chi connectivity index (χ1v) is 8.77. The summed E-state index contributed by atoms with van der Waals surface area (Å²) in [6.45, 7) is 0.618. The van der Waals surface area contributed by atoms with E-state index in [-0.39, 0.29) is 18.0 Å². The topological polar surface area (TPSA) is 54.4 Å². The number of halogens is 1. The first kappa shape index (κ1) is 16.4. The van der Waals surface area contributed by atoms with Crippen molar-refractivity contribution in [2.24, 2.45) is 0 Å². The van der Waals surface area contributed by atoms with E-state index in [1.54, 1.807) is 23.5 Å². The van der Waals surface area contributed by atoms with Gasteiger partial charge in [0.2, 0.25) is 0 Å². The van der Waals surface area contributed by atoms with Gasteiger partial charge in [-0.15, -0.1) is 11.3 Å². The number of hydrogen-bond acceptors (Lipinski definition) is 5. The van der Waals surface area contributed by atoms with E-state index in [0.717, 1.165) is 17.8 Å². The van der Waals surface area contributed by atoms with Crippen LogP contribution in [0.25, 0.3) is 0 Å². The number of nitrogens with zero attached hydrogens (tertiary/aromatic N) is 1. The minimum Gasteiger partial charge on any atom is -0.491 e. The van der Waals surface area contributed by atoms with Gasteiger partial charge in [-0.05, 0) is 37.1 Å². The highest BCUT2D eigenvalue weighted by atomic mass is 32.1. The van der Waals surface area contributed by atoms with Gasteiger partial charge in [-0.1, -0.05) is 12.8 Å². The molecule has 124 valence electrons. The summed E-state index contributed by atoms with van der Waals surface area (Å²) >= 11 is 1.66. The Kier molecular flexibility index (Phi) is 5.25. The maximum atomic E-state index is 12.8. The van der Waals surface area contributed by atoms with Crippen molar-refractivity contribution in [3.05, 3.63) is 46.7 Å². The lowest BCUT2D eigenvalue weighted by molar-refractivity contribution is 0.0961. The molecule has 0 spiro atoms. The van der Waals surface area contributed by atoms with Gasteiger partial charge in [0.25, 0.3) is 0 Å². The first-order valence-electron chi connectivity index (χ1n) is 7.89. The van der Waals surface area contributed by atoms with Crippen molar-refractivity contribution in [3.8, 4) is 5.75 Å². The summed E-state index contributed by atoms with van der Waals surface area (Å²) < 4.78 is 18.3. The third-order valence-corrected chi connectivity index (χ3v) is 5.21. The fourth-order valence-electron chi connectivity index (χ4n) is 3.00. The Bertz CT molecular complexity index is 598. The molecule has 0 amide bonds. The number of thiazole rings is 1. The van der Waals surface area contributed by atoms with Crippen molar-refractivity contribution in [1.82, 2.24) is 10.3 Å². The van der Waals surface area contributed by atoms with Gasteiger partial charge in [0, 0.05) is 18.1 Å². The van der Waals surface area contributed by atoms with Crippen molar-refractivity contribution >= 4 is 11.3 Å². The SMILES string of the molecule is OC(CNC1(c2nccs2)CCCC1)COc1ccc(F)cc1. The van der Waals surface area contributed by atoms with E-state index in [0.29, 0.717) is 12.3 Å². The average molecular weight is 336 g/mol. The van der Waals surface area contributed by atoms with Crippen LogP contribution in [0.15, 0.2) is 35.8 Å². The number of rotatable bonds is 7. The molecule has 1 heterocycles. The first-order chi connectivity index (χ1) is 11.2. The fourth-order valence-corrected chi connectivity index (χ4v) is 3.87. The number of aromatic nitrogens is 1. The third-order valence-electron chi connectivity index (χ3n) is 4.23. The highest BCUT2D eigenvalue weighted by molar-refractivity contribution is 7.09. The van der Waals surface area contributed by atoms with Crippen LogP contribution in [0.4, 0.5) is 4.39 Å². The Morgan fingerprint density at radius 2 is 2.04 bits per heavy atom. The number of aliphatic hydroxyl groups excluding tert-OH is 1. The molecule has 0 bridgehead atoms. The largest absolute Gasteiger partial charge is 0.491 e. The Balaban J connectivity index is 1.51. The van der Waals surface area contributed by atoms with Crippen molar-refractivity contribution in [2.45, 2.75) is 37.3 Å². The molecule has 0 radical (unpaired) electrons. The summed E-state index contributed by atoms with van der Waals surface area (Å²) in [6.07, 6.45) is 5.65. The van der Waals surface area contributed by atoms with Crippen LogP contribution in [-0.4, -0.2) is 29.3 Å².